The first kappa shape index (κ1) is 25.0. The summed E-state index contributed by atoms with van der Waals surface area (Å²) in [7, 11) is 0. The molecule has 0 bridgehead atoms. The van der Waals surface area contributed by atoms with Gasteiger partial charge in [-0.3, -0.25) is 4.79 Å². The molecular weight excluding hydrogens is 471 g/mol. The van der Waals surface area contributed by atoms with Crippen LogP contribution in [-0.4, -0.2) is 29.1 Å². The number of alkyl halides is 3. The number of ether oxygens (including phenoxy) is 2. The minimum absolute atomic E-state index is 0.00493. The Morgan fingerprint density at radius 2 is 1.67 bits per heavy atom. The van der Waals surface area contributed by atoms with Crippen molar-refractivity contribution in [1.82, 2.24) is 9.66 Å². The van der Waals surface area contributed by atoms with Crippen LogP contribution in [0.15, 0.2) is 70.6 Å². The van der Waals surface area contributed by atoms with Crippen molar-refractivity contribution in [3.05, 3.63) is 87.7 Å². The lowest BCUT2D eigenvalue weighted by molar-refractivity contribution is -0.137. The first-order valence-corrected chi connectivity index (χ1v) is 11.4. The van der Waals surface area contributed by atoms with E-state index in [-0.39, 0.29) is 11.4 Å². The van der Waals surface area contributed by atoms with Crippen LogP contribution in [0.5, 0.6) is 11.5 Å². The molecule has 0 spiro atoms. The molecule has 4 aromatic rings. The summed E-state index contributed by atoms with van der Waals surface area (Å²) in [6.07, 6.45) is -3.08. The van der Waals surface area contributed by atoms with Crippen LogP contribution in [0.2, 0.25) is 0 Å². The van der Waals surface area contributed by atoms with Crippen molar-refractivity contribution in [2.45, 2.75) is 26.9 Å². The molecule has 0 aliphatic rings. The quantitative estimate of drug-likeness (QED) is 0.292. The Morgan fingerprint density at radius 1 is 0.972 bits per heavy atom. The van der Waals surface area contributed by atoms with E-state index in [9.17, 15) is 18.0 Å². The number of rotatable bonds is 7. The Labute approximate surface area is 205 Å². The smallest absolute Gasteiger partial charge is 0.416 e. The number of aromatic nitrogens is 2. The number of aryl methyl sites for hydroxylation is 1. The van der Waals surface area contributed by atoms with Gasteiger partial charge in [-0.05, 0) is 62.7 Å². The van der Waals surface area contributed by atoms with Crippen LogP contribution in [0, 0.1) is 6.92 Å². The highest BCUT2D eigenvalue weighted by molar-refractivity contribution is 5.84. The van der Waals surface area contributed by atoms with E-state index in [1.165, 1.54) is 18.3 Å². The van der Waals surface area contributed by atoms with E-state index in [0.29, 0.717) is 41.2 Å². The number of hydrogen-bond donors (Lipinski definition) is 0. The van der Waals surface area contributed by atoms with Crippen molar-refractivity contribution in [1.29, 1.82) is 0 Å². The lowest BCUT2D eigenvalue weighted by atomic mass is 10.1. The van der Waals surface area contributed by atoms with Gasteiger partial charge in [0.1, 0.15) is 0 Å². The summed E-state index contributed by atoms with van der Waals surface area (Å²) in [6.45, 7) is 6.47. The Balaban J connectivity index is 1.90. The molecule has 0 radical (unpaired) electrons. The van der Waals surface area contributed by atoms with Gasteiger partial charge in [-0.25, -0.2) is 4.98 Å². The fourth-order valence-electron chi connectivity index (χ4n) is 3.73. The molecule has 0 aliphatic carbocycles. The zero-order valence-electron chi connectivity index (χ0n) is 20.0. The summed E-state index contributed by atoms with van der Waals surface area (Å²) in [5.41, 5.74) is 0.588. The Bertz CT molecular complexity index is 1490. The van der Waals surface area contributed by atoms with Gasteiger partial charge in [-0.2, -0.15) is 22.9 Å². The predicted molar refractivity (Wildman–Crippen MR) is 133 cm³/mol. The zero-order chi connectivity index (χ0) is 25.9. The summed E-state index contributed by atoms with van der Waals surface area (Å²) < 4.78 is 52.5. The highest BCUT2D eigenvalue weighted by atomic mass is 19.4. The third-order valence-corrected chi connectivity index (χ3v) is 5.45. The van der Waals surface area contributed by atoms with E-state index in [4.69, 9.17) is 9.47 Å². The predicted octanol–water partition coefficient (Wildman–Crippen LogP) is 6.07. The molecule has 0 fully saturated rings. The average Bonchev–Trinajstić information content (AvgIpc) is 2.85. The molecule has 0 unspecified atom stereocenters. The Kier molecular flexibility index (Phi) is 7.10. The molecule has 36 heavy (non-hydrogen) atoms. The third-order valence-electron chi connectivity index (χ3n) is 5.45. The van der Waals surface area contributed by atoms with E-state index < -0.39 is 17.3 Å². The van der Waals surface area contributed by atoms with Crippen LogP contribution >= 0.6 is 0 Å². The number of para-hydroxylation sites is 1. The van der Waals surface area contributed by atoms with Crippen LogP contribution in [-0.2, 0) is 6.18 Å². The molecule has 6 nitrogen and oxygen atoms in total. The Morgan fingerprint density at radius 3 is 2.36 bits per heavy atom. The molecule has 9 heteroatoms. The molecule has 186 valence electrons. The first-order chi connectivity index (χ1) is 17.2. The average molecular weight is 496 g/mol. The van der Waals surface area contributed by atoms with Gasteiger partial charge in [0.25, 0.3) is 5.56 Å². The number of fused-ring (bicyclic) bond motifs is 1. The number of halogens is 3. The second-order valence-electron chi connectivity index (χ2n) is 7.91. The van der Waals surface area contributed by atoms with E-state index in [2.05, 4.69) is 10.1 Å². The molecule has 0 aliphatic heterocycles. The molecule has 3 aromatic carbocycles. The largest absolute Gasteiger partial charge is 0.490 e. The summed E-state index contributed by atoms with van der Waals surface area (Å²) in [6, 6.07) is 14.8. The molecule has 4 rings (SSSR count). The molecular formula is C27H24F3N3O3. The lowest BCUT2D eigenvalue weighted by Crippen LogP contribution is -2.20. The van der Waals surface area contributed by atoms with Gasteiger partial charge in [0.15, 0.2) is 17.3 Å². The molecule has 0 saturated carbocycles. The Hall–Kier alpha value is -4.14. The van der Waals surface area contributed by atoms with Crippen molar-refractivity contribution in [3.8, 4) is 22.9 Å². The van der Waals surface area contributed by atoms with Crippen LogP contribution in [0.3, 0.4) is 0 Å². The van der Waals surface area contributed by atoms with E-state index in [1.54, 1.807) is 30.3 Å². The summed E-state index contributed by atoms with van der Waals surface area (Å²) in [5.74, 6) is 1.10. The minimum atomic E-state index is -4.55. The second-order valence-corrected chi connectivity index (χ2v) is 7.91. The third kappa shape index (κ3) is 5.10. The number of hydrogen-bond acceptors (Lipinski definition) is 5. The van der Waals surface area contributed by atoms with Crippen LogP contribution < -0.4 is 15.0 Å². The molecule has 1 aromatic heterocycles. The molecule has 0 N–H and O–H groups in total. The molecule has 0 saturated heterocycles. The second kappa shape index (κ2) is 10.2. The standard InChI is InChI=1S/C27H24F3N3O3/c1-4-35-23-13-17(3)19(15-24(23)36-5-2)16-31-33-25(18-9-8-10-20(14-18)27(28,29)30)32-22-12-7-6-11-21(22)26(33)34/h6-16H,4-5H2,1-3H3. The van der Waals surface area contributed by atoms with Gasteiger partial charge in [0, 0.05) is 11.1 Å². The van der Waals surface area contributed by atoms with Crippen LogP contribution in [0.25, 0.3) is 22.3 Å². The first-order valence-electron chi connectivity index (χ1n) is 11.4. The summed E-state index contributed by atoms with van der Waals surface area (Å²) >= 11 is 0. The minimum Gasteiger partial charge on any atom is -0.490 e. The SMILES string of the molecule is CCOc1cc(C)c(C=Nn2c(-c3cccc(C(F)(F)F)c3)nc3ccccc3c2=O)cc1OCC. The van der Waals surface area contributed by atoms with Crippen molar-refractivity contribution >= 4 is 17.1 Å². The lowest BCUT2D eigenvalue weighted by Gasteiger charge is -2.14. The molecule has 1 heterocycles. The zero-order valence-corrected chi connectivity index (χ0v) is 20.0. The van der Waals surface area contributed by atoms with Crippen molar-refractivity contribution in [2.24, 2.45) is 5.10 Å². The normalized spacial score (nSPS) is 11.8. The van der Waals surface area contributed by atoms with Gasteiger partial charge in [0.05, 0.1) is 35.9 Å². The van der Waals surface area contributed by atoms with E-state index >= 15 is 0 Å². The maximum absolute atomic E-state index is 13.4. The fraction of sp³-hybridized carbons (Fsp3) is 0.222. The maximum Gasteiger partial charge on any atom is 0.416 e. The summed E-state index contributed by atoms with van der Waals surface area (Å²) in [5, 5.41) is 4.67. The van der Waals surface area contributed by atoms with Crippen LogP contribution in [0.1, 0.15) is 30.5 Å². The van der Waals surface area contributed by atoms with Gasteiger partial charge in [-0.1, -0.05) is 24.3 Å². The monoisotopic (exact) mass is 495 g/mol. The number of benzene rings is 3. The van der Waals surface area contributed by atoms with Gasteiger partial charge < -0.3 is 9.47 Å². The highest BCUT2D eigenvalue weighted by Gasteiger charge is 2.31. The van der Waals surface area contributed by atoms with Crippen molar-refractivity contribution < 1.29 is 22.6 Å². The van der Waals surface area contributed by atoms with Crippen LogP contribution in [0.4, 0.5) is 13.2 Å². The van der Waals surface area contributed by atoms with Gasteiger partial charge >= 0.3 is 6.18 Å². The molecule has 0 atom stereocenters. The van der Waals surface area contributed by atoms with Gasteiger partial charge in [0.2, 0.25) is 0 Å². The van der Waals surface area contributed by atoms with Crippen molar-refractivity contribution in [3.63, 3.8) is 0 Å². The van der Waals surface area contributed by atoms with E-state index in [1.807, 2.05) is 26.8 Å². The maximum atomic E-state index is 13.4. The van der Waals surface area contributed by atoms with Crippen molar-refractivity contribution in [2.75, 3.05) is 13.2 Å². The fourth-order valence-corrected chi connectivity index (χ4v) is 3.73. The van der Waals surface area contributed by atoms with Gasteiger partial charge in [-0.15, -0.1) is 0 Å². The summed E-state index contributed by atoms with van der Waals surface area (Å²) in [4.78, 5) is 17.8. The topological polar surface area (TPSA) is 65.7 Å². The number of nitrogens with zero attached hydrogens (tertiary/aromatic N) is 3. The highest BCUT2D eigenvalue weighted by Crippen LogP contribution is 2.32. The van der Waals surface area contributed by atoms with E-state index in [0.717, 1.165) is 22.4 Å². The molecule has 0 amide bonds.